The molecule has 2 N–H and O–H groups in total. The Labute approximate surface area is 305 Å². The minimum absolute atomic E-state index is 0.00677. The lowest BCUT2D eigenvalue weighted by atomic mass is 9.93. The number of anilines is 1. The van der Waals surface area contributed by atoms with Crippen molar-refractivity contribution in [1.29, 1.82) is 0 Å². The Morgan fingerprint density at radius 1 is 1.08 bits per heavy atom. The van der Waals surface area contributed by atoms with E-state index in [0.717, 1.165) is 54.7 Å². The SMILES string of the molecule is COC1CCC(NC/C=C/C(=O)Nc2c(F)cc(C(=O)c3cc(C(=O)N(C)C)c4c(-c5c(C)cc6c(nc(C)n6C)c5Cl)cccn34)cc2F)CC1. The monoisotopic (exact) mass is 730 g/mol. The molecule has 3 aromatic heterocycles. The van der Waals surface area contributed by atoms with Gasteiger partial charge in [-0.3, -0.25) is 14.4 Å². The van der Waals surface area contributed by atoms with Crippen LogP contribution in [0.25, 0.3) is 27.7 Å². The fraction of sp³-hybridized carbons (Fsp3) is 0.333. The van der Waals surface area contributed by atoms with Gasteiger partial charge in [-0.2, -0.15) is 0 Å². The van der Waals surface area contributed by atoms with Gasteiger partial charge in [0.25, 0.3) is 5.91 Å². The van der Waals surface area contributed by atoms with Gasteiger partial charge in [-0.1, -0.05) is 23.7 Å². The molecule has 0 bridgehead atoms. The van der Waals surface area contributed by atoms with E-state index in [2.05, 4.69) is 15.6 Å². The molecule has 13 heteroatoms. The van der Waals surface area contributed by atoms with Crippen molar-refractivity contribution in [2.24, 2.45) is 7.05 Å². The normalized spacial score (nSPS) is 16.2. The average Bonchev–Trinajstić information content (AvgIpc) is 3.65. The van der Waals surface area contributed by atoms with E-state index in [9.17, 15) is 14.4 Å². The first-order chi connectivity index (χ1) is 24.8. The molecule has 3 heterocycles. The average molecular weight is 731 g/mol. The van der Waals surface area contributed by atoms with Crippen molar-refractivity contribution in [2.45, 2.75) is 51.7 Å². The molecule has 272 valence electrons. The Hall–Kier alpha value is -4.91. The number of aromatic nitrogens is 3. The van der Waals surface area contributed by atoms with Crippen LogP contribution >= 0.6 is 11.6 Å². The zero-order chi connectivity index (χ0) is 37.4. The van der Waals surface area contributed by atoms with Crippen LogP contribution < -0.4 is 10.6 Å². The molecule has 1 saturated carbocycles. The summed E-state index contributed by atoms with van der Waals surface area (Å²) < 4.78 is 39.6. The first kappa shape index (κ1) is 36.9. The molecule has 0 aliphatic heterocycles. The molecule has 1 aliphatic rings. The van der Waals surface area contributed by atoms with E-state index in [1.807, 2.05) is 31.5 Å². The number of ketones is 1. The third kappa shape index (κ3) is 6.98. The van der Waals surface area contributed by atoms with Crippen molar-refractivity contribution in [1.82, 2.24) is 24.2 Å². The molecule has 0 radical (unpaired) electrons. The molecule has 2 amide bonds. The Bertz CT molecular complexity index is 2230. The van der Waals surface area contributed by atoms with Crippen LogP contribution in [-0.4, -0.2) is 76.3 Å². The third-order valence-electron chi connectivity index (χ3n) is 9.82. The van der Waals surface area contributed by atoms with Crippen molar-refractivity contribution in [3.8, 4) is 11.1 Å². The largest absolute Gasteiger partial charge is 0.381 e. The molecule has 0 unspecified atom stereocenters. The number of ether oxygens (including phenoxy) is 1. The number of aryl methyl sites for hydroxylation is 3. The number of methoxy groups -OCH3 is 1. The third-order valence-corrected chi connectivity index (χ3v) is 10.2. The Morgan fingerprint density at radius 2 is 1.77 bits per heavy atom. The standard InChI is InChI=1S/C39H41ClF2N6O4/c1-21-17-30-36(44-22(2)47(30)5)34(40)33(21)26-9-8-16-48-31(20-27(37(26)48)39(51)46(3)4)38(50)23-18-28(41)35(29(42)19-23)45-32(49)10-7-15-43-24-11-13-25(52-6)14-12-24/h7-10,16-20,24-25,43H,11-15H2,1-6H3,(H,45,49)/b10-7+. The Kier molecular flexibility index (Phi) is 10.6. The lowest BCUT2D eigenvalue weighted by molar-refractivity contribution is -0.112. The molecule has 52 heavy (non-hydrogen) atoms. The van der Waals surface area contributed by atoms with Crippen LogP contribution in [0.2, 0.25) is 5.02 Å². The van der Waals surface area contributed by atoms with Crippen LogP contribution in [0.3, 0.4) is 0 Å². The molecule has 6 rings (SSSR count). The molecular weight excluding hydrogens is 690 g/mol. The first-order valence-electron chi connectivity index (χ1n) is 17.1. The van der Waals surface area contributed by atoms with Gasteiger partial charge < -0.3 is 29.2 Å². The van der Waals surface area contributed by atoms with Gasteiger partial charge >= 0.3 is 0 Å². The second-order valence-corrected chi connectivity index (χ2v) is 13.8. The number of carbonyl (C=O) groups excluding carboxylic acids is 3. The van der Waals surface area contributed by atoms with Gasteiger partial charge in [-0.05, 0) is 75.4 Å². The summed E-state index contributed by atoms with van der Waals surface area (Å²) in [7, 11) is 6.80. The number of imidazole rings is 1. The summed E-state index contributed by atoms with van der Waals surface area (Å²) in [5.41, 5.74) is 3.11. The number of benzene rings is 2. The van der Waals surface area contributed by atoms with Gasteiger partial charge in [0.1, 0.15) is 28.7 Å². The number of carbonyl (C=O) groups is 3. The topological polar surface area (TPSA) is 110 Å². The number of amides is 2. The summed E-state index contributed by atoms with van der Waals surface area (Å²) in [4.78, 5) is 46.2. The van der Waals surface area contributed by atoms with Gasteiger partial charge in [0.15, 0.2) is 0 Å². The molecule has 0 spiro atoms. The van der Waals surface area contributed by atoms with Crippen LogP contribution in [0, 0.1) is 25.5 Å². The number of nitrogens with zero attached hydrogens (tertiary/aromatic N) is 4. The van der Waals surface area contributed by atoms with Crippen molar-refractivity contribution in [2.75, 3.05) is 33.1 Å². The van der Waals surface area contributed by atoms with E-state index in [1.165, 1.54) is 21.4 Å². The lowest BCUT2D eigenvalue weighted by Gasteiger charge is -2.27. The van der Waals surface area contributed by atoms with Crippen LogP contribution in [0.4, 0.5) is 14.5 Å². The number of rotatable bonds is 10. The number of fused-ring (bicyclic) bond motifs is 2. The second kappa shape index (κ2) is 15.0. The summed E-state index contributed by atoms with van der Waals surface area (Å²) in [5.74, 6) is -3.30. The fourth-order valence-corrected chi connectivity index (χ4v) is 7.32. The highest BCUT2D eigenvalue weighted by atomic mass is 35.5. The van der Waals surface area contributed by atoms with Gasteiger partial charge in [-0.15, -0.1) is 0 Å². The Morgan fingerprint density at radius 3 is 2.42 bits per heavy atom. The van der Waals surface area contributed by atoms with Crippen molar-refractivity contribution in [3.05, 3.63) is 99.6 Å². The summed E-state index contributed by atoms with van der Waals surface area (Å²) in [6.45, 7) is 4.20. The maximum atomic E-state index is 15.4. The maximum Gasteiger partial charge on any atom is 0.255 e. The molecule has 0 atom stereocenters. The van der Waals surface area contributed by atoms with Crippen molar-refractivity contribution in [3.63, 3.8) is 0 Å². The molecule has 5 aromatic rings. The van der Waals surface area contributed by atoms with Crippen LogP contribution in [0.1, 0.15) is 63.5 Å². The van der Waals surface area contributed by atoms with Gasteiger partial charge in [0.05, 0.1) is 33.4 Å². The number of nitrogens with one attached hydrogen (secondary N) is 2. The van der Waals surface area contributed by atoms with E-state index in [4.69, 9.17) is 16.3 Å². The van der Waals surface area contributed by atoms with Gasteiger partial charge in [0.2, 0.25) is 11.7 Å². The number of hydrogen-bond acceptors (Lipinski definition) is 6. The van der Waals surface area contributed by atoms with E-state index in [0.29, 0.717) is 39.8 Å². The maximum absolute atomic E-state index is 15.4. The molecule has 0 saturated heterocycles. The predicted molar refractivity (Wildman–Crippen MR) is 198 cm³/mol. The second-order valence-electron chi connectivity index (χ2n) is 13.4. The van der Waals surface area contributed by atoms with E-state index < -0.39 is 29.0 Å². The zero-order valence-electron chi connectivity index (χ0n) is 29.9. The highest BCUT2D eigenvalue weighted by Gasteiger charge is 2.27. The quantitative estimate of drug-likeness (QED) is 0.118. The first-order valence-corrected chi connectivity index (χ1v) is 17.4. The molecular formula is C39H41ClF2N6O4. The van der Waals surface area contributed by atoms with Crippen LogP contribution in [-0.2, 0) is 16.6 Å². The number of pyridine rings is 1. The number of hydrogen-bond donors (Lipinski definition) is 2. The predicted octanol–water partition coefficient (Wildman–Crippen LogP) is 7.02. The lowest BCUT2D eigenvalue weighted by Crippen LogP contribution is -2.35. The minimum Gasteiger partial charge on any atom is -0.381 e. The van der Waals surface area contributed by atoms with Crippen LogP contribution in [0.15, 0.2) is 54.7 Å². The van der Waals surface area contributed by atoms with Gasteiger partial charge in [-0.25, -0.2) is 13.8 Å². The highest BCUT2D eigenvalue weighted by Crippen LogP contribution is 2.41. The summed E-state index contributed by atoms with van der Waals surface area (Å²) in [6, 6.07) is 8.96. The van der Waals surface area contributed by atoms with E-state index in [1.54, 1.807) is 45.6 Å². The molecule has 1 fully saturated rings. The summed E-state index contributed by atoms with van der Waals surface area (Å²) >= 11 is 7.02. The summed E-state index contributed by atoms with van der Waals surface area (Å²) in [6.07, 6.45) is 8.53. The molecule has 2 aromatic carbocycles. The molecule has 1 aliphatic carbocycles. The zero-order valence-corrected chi connectivity index (χ0v) is 30.7. The molecule has 10 nitrogen and oxygen atoms in total. The highest BCUT2D eigenvalue weighted by molar-refractivity contribution is 6.38. The van der Waals surface area contributed by atoms with Crippen molar-refractivity contribution >= 4 is 51.4 Å². The van der Waals surface area contributed by atoms with Gasteiger partial charge in [0, 0.05) is 69.8 Å². The van der Waals surface area contributed by atoms with E-state index >= 15 is 8.78 Å². The fourth-order valence-electron chi connectivity index (χ4n) is 6.93. The smallest absolute Gasteiger partial charge is 0.255 e. The van der Waals surface area contributed by atoms with E-state index in [-0.39, 0.29) is 28.8 Å². The minimum atomic E-state index is -1.12. The van der Waals surface area contributed by atoms with Crippen LogP contribution in [0.5, 0.6) is 0 Å². The van der Waals surface area contributed by atoms with Crippen molar-refractivity contribution < 1.29 is 27.9 Å². The summed E-state index contributed by atoms with van der Waals surface area (Å²) in [5, 5.41) is 5.99. The Balaban J connectivity index is 1.30. The number of halogens is 3.